The molecule has 0 bridgehead atoms. The third kappa shape index (κ3) is 2.98. The summed E-state index contributed by atoms with van der Waals surface area (Å²) in [7, 11) is 0. The molecule has 4 rings (SSSR count). The summed E-state index contributed by atoms with van der Waals surface area (Å²) in [5, 5.41) is 3.90. The Morgan fingerprint density at radius 1 is 0.880 bits per heavy atom. The lowest BCUT2D eigenvalue weighted by molar-refractivity contribution is 0.632. The van der Waals surface area contributed by atoms with E-state index in [1.54, 1.807) is 24.5 Å². The van der Waals surface area contributed by atoms with E-state index in [0.29, 0.717) is 16.9 Å². The van der Waals surface area contributed by atoms with Gasteiger partial charge in [0, 0.05) is 33.5 Å². The molecule has 0 spiro atoms. The van der Waals surface area contributed by atoms with E-state index in [-0.39, 0.29) is 5.82 Å². The van der Waals surface area contributed by atoms with Gasteiger partial charge in [0.25, 0.3) is 0 Å². The zero-order valence-electron chi connectivity index (χ0n) is 13.1. The highest BCUT2D eigenvalue weighted by Gasteiger charge is 2.18. The molecule has 2 aromatic carbocycles. The van der Waals surface area contributed by atoms with Crippen LogP contribution in [0.3, 0.4) is 0 Å². The number of para-hydroxylation sites is 1. The van der Waals surface area contributed by atoms with Crippen molar-refractivity contribution in [3.05, 3.63) is 83.3 Å². The molecule has 4 aromatic rings. The van der Waals surface area contributed by atoms with Crippen molar-refractivity contribution in [1.29, 1.82) is 0 Å². The Labute approximate surface area is 152 Å². The number of pyridine rings is 2. The van der Waals surface area contributed by atoms with Crippen LogP contribution in [0.4, 0.5) is 15.8 Å². The van der Waals surface area contributed by atoms with Crippen LogP contribution in [0, 0.1) is 5.82 Å². The second-order valence-corrected chi connectivity index (χ2v) is 6.36. The monoisotopic (exact) mass is 393 g/mol. The van der Waals surface area contributed by atoms with Crippen molar-refractivity contribution in [2.45, 2.75) is 0 Å². The zero-order valence-corrected chi connectivity index (χ0v) is 14.7. The summed E-state index contributed by atoms with van der Waals surface area (Å²) >= 11 is 3.49. The number of anilines is 2. The van der Waals surface area contributed by atoms with E-state index in [1.807, 2.05) is 48.5 Å². The van der Waals surface area contributed by atoms with Crippen molar-refractivity contribution >= 4 is 38.2 Å². The van der Waals surface area contributed by atoms with Gasteiger partial charge in [0.05, 0.1) is 11.2 Å². The third-order valence-electron chi connectivity index (χ3n) is 3.91. The van der Waals surface area contributed by atoms with Gasteiger partial charge in [0.15, 0.2) is 5.82 Å². The highest BCUT2D eigenvalue weighted by molar-refractivity contribution is 9.10. The number of aromatic nitrogens is 2. The largest absolute Gasteiger partial charge is 0.352 e. The Hall–Kier alpha value is -2.79. The quantitative estimate of drug-likeness (QED) is 0.467. The van der Waals surface area contributed by atoms with Crippen molar-refractivity contribution < 1.29 is 4.39 Å². The van der Waals surface area contributed by atoms with E-state index in [9.17, 15) is 0 Å². The van der Waals surface area contributed by atoms with Crippen LogP contribution in [0.2, 0.25) is 0 Å². The summed E-state index contributed by atoms with van der Waals surface area (Å²) in [6, 6.07) is 18.6. The van der Waals surface area contributed by atoms with Crippen LogP contribution in [-0.2, 0) is 0 Å². The number of nitrogens with zero attached hydrogens (tertiary/aromatic N) is 2. The maximum Gasteiger partial charge on any atom is 0.173 e. The van der Waals surface area contributed by atoms with Crippen LogP contribution in [0.15, 0.2) is 77.5 Å². The molecule has 0 aliphatic carbocycles. The van der Waals surface area contributed by atoms with Gasteiger partial charge in [-0.15, -0.1) is 0 Å². The summed E-state index contributed by atoms with van der Waals surface area (Å²) in [5.74, 6) is -0.387. The van der Waals surface area contributed by atoms with Crippen LogP contribution in [0.5, 0.6) is 0 Å². The van der Waals surface area contributed by atoms with Gasteiger partial charge in [0.1, 0.15) is 5.69 Å². The first-order chi connectivity index (χ1) is 12.2. The van der Waals surface area contributed by atoms with Crippen LogP contribution in [0.1, 0.15) is 0 Å². The molecule has 0 unspecified atom stereocenters. The second-order valence-electron chi connectivity index (χ2n) is 5.51. The Morgan fingerprint density at radius 2 is 1.60 bits per heavy atom. The average molecular weight is 394 g/mol. The van der Waals surface area contributed by atoms with Gasteiger partial charge >= 0.3 is 0 Å². The maximum absolute atomic E-state index is 15.4. The molecule has 0 radical (unpaired) electrons. The number of halogens is 2. The van der Waals surface area contributed by atoms with Gasteiger partial charge < -0.3 is 5.32 Å². The highest BCUT2D eigenvalue weighted by Crippen LogP contribution is 2.36. The second kappa shape index (κ2) is 6.61. The minimum absolute atomic E-state index is 0.308. The number of hydrogen-bond acceptors (Lipinski definition) is 3. The van der Waals surface area contributed by atoms with E-state index in [1.165, 1.54) is 0 Å². The van der Waals surface area contributed by atoms with Crippen molar-refractivity contribution in [3.8, 4) is 11.3 Å². The lowest BCUT2D eigenvalue weighted by Gasteiger charge is -2.14. The highest BCUT2D eigenvalue weighted by atomic mass is 79.9. The fraction of sp³-hybridized carbons (Fsp3) is 0. The number of benzene rings is 2. The molecule has 122 valence electrons. The fourth-order valence-corrected chi connectivity index (χ4v) is 3.19. The summed E-state index contributed by atoms with van der Waals surface area (Å²) in [4.78, 5) is 8.55. The molecule has 1 N–H and O–H groups in total. The molecule has 0 saturated carbocycles. The van der Waals surface area contributed by atoms with Crippen molar-refractivity contribution in [3.63, 3.8) is 0 Å². The molecule has 0 amide bonds. The van der Waals surface area contributed by atoms with Gasteiger partial charge in [-0.25, -0.2) is 9.37 Å². The molecule has 0 aliphatic heterocycles. The Kier molecular flexibility index (Phi) is 4.15. The molecule has 5 heteroatoms. The lowest BCUT2D eigenvalue weighted by atomic mass is 10.1. The van der Waals surface area contributed by atoms with E-state index < -0.39 is 0 Å². The number of fused-ring (bicyclic) bond motifs is 1. The van der Waals surface area contributed by atoms with Crippen molar-refractivity contribution in [1.82, 2.24) is 9.97 Å². The average Bonchev–Trinajstić information content (AvgIpc) is 2.65. The molecule has 0 aliphatic rings. The normalized spacial score (nSPS) is 10.8. The van der Waals surface area contributed by atoms with Crippen LogP contribution in [0.25, 0.3) is 22.2 Å². The third-order valence-corrected chi connectivity index (χ3v) is 4.60. The molecule has 2 heterocycles. The summed E-state index contributed by atoms with van der Waals surface area (Å²) in [6.07, 6.45) is 3.33. The van der Waals surface area contributed by atoms with Gasteiger partial charge in [-0.1, -0.05) is 52.3 Å². The first-order valence-electron chi connectivity index (χ1n) is 7.74. The van der Waals surface area contributed by atoms with Crippen LogP contribution >= 0.6 is 15.9 Å². The smallest absolute Gasteiger partial charge is 0.173 e. The van der Waals surface area contributed by atoms with Gasteiger partial charge in [-0.05, 0) is 24.3 Å². The standard InChI is InChI=1S/C20H13BrFN3/c21-16-7-3-1-5-14(16)19-18(22)20(24-13-9-11-23-12-10-13)15-6-2-4-8-17(15)25-19/h1-12H,(H,23,24,25). The zero-order chi connectivity index (χ0) is 17.2. The number of hydrogen-bond donors (Lipinski definition) is 1. The van der Waals surface area contributed by atoms with E-state index in [2.05, 4.69) is 31.2 Å². The Balaban J connectivity index is 1.97. The van der Waals surface area contributed by atoms with Crippen LogP contribution < -0.4 is 5.32 Å². The summed E-state index contributed by atoms with van der Waals surface area (Å²) < 4.78 is 16.2. The molecule has 3 nitrogen and oxygen atoms in total. The molecule has 25 heavy (non-hydrogen) atoms. The molecule has 0 atom stereocenters. The van der Waals surface area contributed by atoms with Gasteiger partial charge in [-0.3, -0.25) is 4.98 Å². The number of nitrogens with one attached hydrogen (secondary N) is 1. The Morgan fingerprint density at radius 3 is 2.40 bits per heavy atom. The molecule has 2 aromatic heterocycles. The topological polar surface area (TPSA) is 37.8 Å². The summed E-state index contributed by atoms with van der Waals surface area (Å²) in [5.41, 5.74) is 2.92. The van der Waals surface area contributed by atoms with E-state index in [0.717, 1.165) is 21.1 Å². The molecular weight excluding hydrogens is 381 g/mol. The van der Waals surface area contributed by atoms with Gasteiger partial charge in [0.2, 0.25) is 0 Å². The minimum Gasteiger partial charge on any atom is -0.352 e. The SMILES string of the molecule is Fc1c(-c2ccccc2Br)nc2ccccc2c1Nc1ccncc1. The summed E-state index contributed by atoms with van der Waals surface area (Å²) in [6.45, 7) is 0. The van der Waals surface area contributed by atoms with Crippen molar-refractivity contribution in [2.24, 2.45) is 0 Å². The van der Waals surface area contributed by atoms with Crippen LogP contribution in [-0.4, -0.2) is 9.97 Å². The Bertz CT molecular complexity index is 1050. The minimum atomic E-state index is -0.387. The number of rotatable bonds is 3. The molecular formula is C20H13BrFN3. The predicted molar refractivity (Wildman–Crippen MR) is 102 cm³/mol. The van der Waals surface area contributed by atoms with Crippen molar-refractivity contribution in [2.75, 3.05) is 5.32 Å². The first-order valence-corrected chi connectivity index (χ1v) is 8.53. The molecule has 0 saturated heterocycles. The fourth-order valence-electron chi connectivity index (χ4n) is 2.72. The van der Waals surface area contributed by atoms with E-state index >= 15 is 4.39 Å². The van der Waals surface area contributed by atoms with Gasteiger partial charge in [-0.2, -0.15) is 0 Å². The predicted octanol–water partition coefficient (Wildman–Crippen LogP) is 5.94. The molecule has 0 fully saturated rings. The maximum atomic E-state index is 15.4. The lowest BCUT2D eigenvalue weighted by Crippen LogP contribution is -2.00. The first kappa shape index (κ1) is 15.7. The van der Waals surface area contributed by atoms with E-state index in [4.69, 9.17) is 0 Å².